The summed E-state index contributed by atoms with van der Waals surface area (Å²) < 4.78 is 5.21. The number of anilines is 1. The van der Waals surface area contributed by atoms with Gasteiger partial charge in [-0.25, -0.2) is 9.79 Å². The predicted octanol–water partition coefficient (Wildman–Crippen LogP) is 2.64. The van der Waals surface area contributed by atoms with Crippen LogP contribution in [0.3, 0.4) is 0 Å². The van der Waals surface area contributed by atoms with E-state index in [1.807, 2.05) is 27.7 Å². The maximum atomic E-state index is 11.6. The van der Waals surface area contributed by atoms with E-state index >= 15 is 0 Å². The van der Waals surface area contributed by atoms with Crippen molar-refractivity contribution in [1.29, 1.82) is 0 Å². The van der Waals surface area contributed by atoms with Gasteiger partial charge < -0.3 is 25.6 Å². The van der Waals surface area contributed by atoms with Gasteiger partial charge in [-0.05, 0) is 45.4 Å². The Morgan fingerprint density at radius 3 is 2.32 bits per heavy atom. The molecule has 1 aliphatic rings. The van der Waals surface area contributed by atoms with Gasteiger partial charge >= 0.3 is 6.09 Å². The molecule has 0 saturated heterocycles. The predicted molar refractivity (Wildman–Crippen MR) is 115 cm³/mol. The quantitative estimate of drug-likeness (QED) is 0.290. The molecule has 2 rings (SSSR count). The van der Waals surface area contributed by atoms with Gasteiger partial charge in [0.2, 0.25) is 0 Å². The number of carbonyl (C=O) groups excluding carboxylic acids is 1. The van der Waals surface area contributed by atoms with Crippen LogP contribution < -0.4 is 20.9 Å². The van der Waals surface area contributed by atoms with E-state index in [4.69, 9.17) is 4.74 Å². The highest BCUT2D eigenvalue weighted by Gasteiger charge is 2.15. The maximum absolute atomic E-state index is 11.6. The molecule has 0 bridgehead atoms. The highest BCUT2D eigenvalue weighted by atomic mass is 16.6. The SMILES string of the molecule is CCNC(=NCc1ccc(N2CC=CC2)cc1)NCCNC(=O)OC(C)(C)C. The Morgan fingerprint density at radius 1 is 1.07 bits per heavy atom. The minimum absolute atomic E-state index is 0.412. The summed E-state index contributed by atoms with van der Waals surface area (Å²) in [5.41, 5.74) is 1.89. The molecule has 1 aromatic rings. The number of nitrogens with one attached hydrogen (secondary N) is 3. The van der Waals surface area contributed by atoms with E-state index in [-0.39, 0.29) is 0 Å². The first kappa shape index (κ1) is 21.6. The summed E-state index contributed by atoms with van der Waals surface area (Å²) in [6.45, 7) is 11.9. The van der Waals surface area contributed by atoms with Crippen molar-refractivity contribution in [2.75, 3.05) is 37.6 Å². The third kappa shape index (κ3) is 7.90. The normalized spacial score (nSPS) is 14.1. The lowest BCUT2D eigenvalue weighted by atomic mass is 10.2. The molecule has 0 saturated carbocycles. The standard InChI is InChI=1S/C21H33N5O2/c1-5-22-19(23-12-13-24-20(27)28-21(2,3)4)25-16-17-8-10-18(11-9-17)26-14-6-7-15-26/h6-11H,5,12-16H2,1-4H3,(H,24,27)(H2,22,23,25). The fraction of sp³-hybridized carbons (Fsp3) is 0.524. The number of aliphatic imine (C=N–C) groups is 1. The van der Waals surface area contributed by atoms with Gasteiger partial charge in [0.05, 0.1) is 6.54 Å². The van der Waals surface area contributed by atoms with Gasteiger partial charge in [0, 0.05) is 38.4 Å². The Labute approximate surface area is 168 Å². The lowest BCUT2D eigenvalue weighted by Crippen LogP contribution is -2.42. The van der Waals surface area contributed by atoms with Crippen molar-refractivity contribution in [2.45, 2.75) is 39.8 Å². The van der Waals surface area contributed by atoms with Crippen LogP contribution in [0.1, 0.15) is 33.3 Å². The lowest BCUT2D eigenvalue weighted by Gasteiger charge is -2.20. The van der Waals surface area contributed by atoms with Crippen molar-refractivity contribution >= 4 is 17.7 Å². The first-order valence-electron chi connectivity index (χ1n) is 9.85. The molecule has 0 radical (unpaired) electrons. The molecule has 1 aromatic carbocycles. The zero-order chi connectivity index (χ0) is 20.4. The van der Waals surface area contributed by atoms with Crippen LogP contribution in [-0.4, -0.2) is 50.4 Å². The van der Waals surface area contributed by atoms with Crippen LogP contribution in [0.5, 0.6) is 0 Å². The minimum atomic E-state index is -0.491. The number of benzene rings is 1. The van der Waals surface area contributed by atoms with Crippen LogP contribution in [0.25, 0.3) is 0 Å². The summed E-state index contributed by atoms with van der Waals surface area (Å²) in [5, 5.41) is 9.16. The number of carbonyl (C=O) groups is 1. The summed E-state index contributed by atoms with van der Waals surface area (Å²) in [7, 11) is 0. The molecule has 1 heterocycles. The summed E-state index contributed by atoms with van der Waals surface area (Å²) in [5.74, 6) is 0.723. The molecule has 1 aliphatic heterocycles. The third-order valence-electron chi connectivity index (χ3n) is 3.97. The lowest BCUT2D eigenvalue weighted by molar-refractivity contribution is 0.0529. The second-order valence-electron chi connectivity index (χ2n) is 7.59. The van der Waals surface area contributed by atoms with E-state index in [1.54, 1.807) is 0 Å². The van der Waals surface area contributed by atoms with E-state index in [9.17, 15) is 4.79 Å². The van der Waals surface area contributed by atoms with Crippen molar-refractivity contribution in [3.05, 3.63) is 42.0 Å². The van der Waals surface area contributed by atoms with Crippen molar-refractivity contribution in [3.63, 3.8) is 0 Å². The summed E-state index contributed by atoms with van der Waals surface area (Å²) in [6.07, 6.45) is 3.96. The van der Waals surface area contributed by atoms with Gasteiger partial charge in [-0.1, -0.05) is 24.3 Å². The zero-order valence-corrected chi connectivity index (χ0v) is 17.4. The molecule has 0 aliphatic carbocycles. The fourth-order valence-electron chi connectivity index (χ4n) is 2.67. The monoisotopic (exact) mass is 387 g/mol. The average molecular weight is 388 g/mol. The van der Waals surface area contributed by atoms with Crippen LogP contribution in [0.2, 0.25) is 0 Å². The van der Waals surface area contributed by atoms with Crippen molar-refractivity contribution in [3.8, 4) is 0 Å². The van der Waals surface area contributed by atoms with E-state index in [2.05, 4.69) is 62.3 Å². The number of hydrogen-bond donors (Lipinski definition) is 3. The van der Waals surface area contributed by atoms with E-state index in [1.165, 1.54) is 5.69 Å². The molecule has 0 fully saturated rings. The number of amides is 1. The van der Waals surface area contributed by atoms with E-state index < -0.39 is 11.7 Å². The van der Waals surface area contributed by atoms with Gasteiger partial charge in [-0.15, -0.1) is 0 Å². The number of nitrogens with zero attached hydrogens (tertiary/aromatic N) is 2. The Bertz CT molecular complexity index is 669. The Balaban J connectivity index is 1.77. The van der Waals surface area contributed by atoms with Gasteiger partial charge in [0.25, 0.3) is 0 Å². The topological polar surface area (TPSA) is 78.0 Å². The van der Waals surface area contributed by atoms with Crippen LogP contribution in [0, 0.1) is 0 Å². The van der Waals surface area contributed by atoms with Gasteiger partial charge in [-0.2, -0.15) is 0 Å². The summed E-state index contributed by atoms with van der Waals surface area (Å²) in [6, 6.07) is 8.52. The average Bonchev–Trinajstić information content (AvgIpc) is 3.17. The van der Waals surface area contributed by atoms with Crippen molar-refractivity contribution in [2.24, 2.45) is 4.99 Å². The summed E-state index contributed by atoms with van der Waals surface area (Å²) >= 11 is 0. The smallest absolute Gasteiger partial charge is 0.407 e. The highest BCUT2D eigenvalue weighted by molar-refractivity contribution is 5.79. The second kappa shape index (κ2) is 10.6. The molecule has 28 heavy (non-hydrogen) atoms. The van der Waals surface area contributed by atoms with Gasteiger partial charge in [0.1, 0.15) is 5.60 Å². The van der Waals surface area contributed by atoms with Crippen LogP contribution >= 0.6 is 0 Å². The van der Waals surface area contributed by atoms with Crippen LogP contribution in [0.4, 0.5) is 10.5 Å². The molecule has 0 spiro atoms. The number of rotatable bonds is 7. The largest absolute Gasteiger partial charge is 0.444 e. The molecule has 3 N–H and O–H groups in total. The molecule has 0 atom stereocenters. The molecule has 154 valence electrons. The molecule has 0 unspecified atom stereocenters. The number of hydrogen-bond acceptors (Lipinski definition) is 4. The first-order chi connectivity index (χ1) is 13.4. The van der Waals surface area contributed by atoms with Crippen molar-refractivity contribution < 1.29 is 9.53 Å². The first-order valence-corrected chi connectivity index (χ1v) is 9.85. The molecular formula is C21H33N5O2. The molecule has 1 amide bonds. The second-order valence-corrected chi connectivity index (χ2v) is 7.59. The van der Waals surface area contributed by atoms with Crippen LogP contribution in [-0.2, 0) is 11.3 Å². The van der Waals surface area contributed by atoms with Crippen LogP contribution in [0.15, 0.2) is 41.4 Å². The van der Waals surface area contributed by atoms with E-state index in [0.29, 0.717) is 19.6 Å². The Kier molecular flexibility index (Phi) is 8.17. The number of alkyl carbamates (subject to hydrolysis) is 1. The van der Waals surface area contributed by atoms with Gasteiger partial charge in [-0.3, -0.25) is 0 Å². The zero-order valence-electron chi connectivity index (χ0n) is 17.4. The van der Waals surface area contributed by atoms with Gasteiger partial charge in [0.15, 0.2) is 5.96 Å². The molecule has 7 nitrogen and oxygen atoms in total. The maximum Gasteiger partial charge on any atom is 0.407 e. The molecule has 7 heteroatoms. The Morgan fingerprint density at radius 2 is 1.71 bits per heavy atom. The van der Waals surface area contributed by atoms with Crippen molar-refractivity contribution in [1.82, 2.24) is 16.0 Å². The highest BCUT2D eigenvalue weighted by Crippen LogP contribution is 2.17. The molecule has 0 aromatic heterocycles. The fourth-order valence-corrected chi connectivity index (χ4v) is 2.67. The molecular weight excluding hydrogens is 354 g/mol. The number of guanidine groups is 1. The minimum Gasteiger partial charge on any atom is -0.444 e. The third-order valence-corrected chi connectivity index (χ3v) is 3.97. The number of ether oxygens (including phenoxy) is 1. The Hall–Kier alpha value is -2.70. The summed E-state index contributed by atoms with van der Waals surface area (Å²) in [4.78, 5) is 18.6. The van der Waals surface area contributed by atoms with E-state index in [0.717, 1.165) is 31.2 Å².